The van der Waals surface area contributed by atoms with Crippen molar-refractivity contribution in [3.63, 3.8) is 0 Å². The first-order valence-electron chi connectivity index (χ1n) is 9.82. The van der Waals surface area contributed by atoms with Gasteiger partial charge in [-0.05, 0) is 24.6 Å². The molecule has 0 unspecified atom stereocenters. The Bertz CT molecular complexity index is 932. The number of aromatic nitrogens is 2. The highest BCUT2D eigenvalue weighted by atomic mass is 16.5. The minimum Gasteiger partial charge on any atom is -0.495 e. The summed E-state index contributed by atoms with van der Waals surface area (Å²) in [5, 5.41) is 9.15. The molecule has 31 heavy (non-hydrogen) atoms. The van der Waals surface area contributed by atoms with E-state index in [1.807, 2.05) is 20.8 Å². The van der Waals surface area contributed by atoms with Gasteiger partial charge in [0.1, 0.15) is 5.75 Å². The highest BCUT2D eigenvalue weighted by molar-refractivity contribution is 5.96. The van der Waals surface area contributed by atoms with Crippen molar-refractivity contribution in [2.24, 2.45) is 0 Å². The molecule has 2 amide bonds. The zero-order valence-corrected chi connectivity index (χ0v) is 18.4. The van der Waals surface area contributed by atoms with Gasteiger partial charge in [-0.1, -0.05) is 25.9 Å². The Labute approximate surface area is 180 Å². The van der Waals surface area contributed by atoms with Crippen LogP contribution in [0.3, 0.4) is 0 Å². The average Bonchev–Trinajstić information content (AvgIpc) is 3.16. The van der Waals surface area contributed by atoms with Gasteiger partial charge in [-0.25, -0.2) is 0 Å². The number of benzene rings is 1. The number of carbonyl (C=O) groups excluding carboxylic acids is 3. The molecule has 0 aliphatic carbocycles. The molecule has 10 heteroatoms. The number of methoxy groups -OCH3 is 1. The van der Waals surface area contributed by atoms with Crippen molar-refractivity contribution in [2.75, 3.05) is 24.4 Å². The molecule has 0 radical (unpaired) electrons. The largest absolute Gasteiger partial charge is 0.495 e. The number of amides is 2. The van der Waals surface area contributed by atoms with Crippen molar-refractivity contribution in [1.82, 2.24) is 10.1 Å². The minimum absolute atomic E-state index is 0.113. The van der Waals surface area contributed by atoms with Gasteiger partial charge >= 0.3 is 5.97 Å². The quantitative estimate of drug-likeness (QED) is 0.578. The van der Waals surface area contributed by atoms with Crippen molar-refractivity contribution in [1.29, 1.82) is 0 Å². The van der Waals surface area contributed by atoms with Gasteiger partial charge in [0.2, 0.25) is 11.8 Å². The van der Waals surface area contributed by atoms with Crippen LogP contribution in [0.5, 0.6) is 5.75 Å². The van der Waals surface area contributed by atoms with Gasteiger partial charge in [0.05, 0.1) is 12.8 Å². The predicted molar refractivity (Wildman–Crippen MR) is 113 cm³/mol. The fraction of sp³-hybridized carbons (Fsp3) is 0.476. The van der Waals surface area contributed by atoms with E-state index in [2.05, 4.69) is 20.8 Å². The molecule has 10 nitrogen and oxygen atoms in total. The summed E-state index contributed by atoms with van der Waals surface area (Å²) in [6, 6.07) is 4.80. The lowest BCUT2D eigenvalue weighted by Crippen LogP contribution is -2.21. The van der Waals surface area contributed by atoms with E-state index in [0.717, 1.165) is 0 Å². The molecule has 2 aromatic rings. The fourth-order valence-corrected chi connectivity index (χ4v) is 2.54. The van der Waals surface area contributed by atoms with Crippen LogP contribution in [0.4, 0.5) is 11.4 Å². The molecule has 1 heterocycles. The normalized spacial score (nSPS) is 11.0. The van der Waals surface area contributed by atoms with E-state index in [0.29, 0.717) is 41.7 Å². The first-order chi connectivity index (χ1) is 14.6. The van der Waals surface area contributed by atoms with Gasteiger partial charge in [-0.2, -0.15) is 4.98 Å². The third-order valence-corrected chi connectivity index (χ3v) is 4.07. The molecule has 0 saturated heterocycles. The Morgan fingerprint density at radius 1 is 1.16 bits per heavy atom. The topological polar surface area (TPSA) is 133 Å². The number of hydrogen-bond acceptors (Lipinski definition) is 8. The molecule has 2 N–H and O–H groups in total. The maximum Gasteiger partial charge on any atom is 0.306 e. The molecule has 0 aliphatic heterocycles. The van der Waals surface area contributed by atoms with E-state index >= 15 is 0 Å². The number of carbonyl (C=O) groups is 3. The van der Waals surface area contributed by atoms with Crippen LogP contribution in [0.1, 0.15) is 52.3 Å². The summed E-state index contributed by atoms with van der Waals surface area (Å²) in [5.74, 6) is 0.193. The van der Waals surface area contributed by atoms with Gasteiger partial charge in [0.25, 0.3) is 5.91 Å². The fourth-order valence-electron chi connectivity index (χ4n) is 2.54. The number of nitrogens with zero attached hydrogens (tertiary/aromatic N) is 2. The summed E-state index contributed by atoms with van der Waals surface area (Å²) in [6.45, 7) is 6.88. The second kappa shape index (κ2) is 10.6. The van der Waals surface area contributed by atoms with Crippen LogP contribution in [0.2, 0.25) is 0 Å². The van der Waals surface area contributed by atoms with E-state index in [9.17, 15) is 14.4 Å². The molecule has 2 rings (SSSR count). The van der Waals surface area contributed by atoms with E-state index in [1.54, 1.807) is 18.2 Å². The maximum atomic E-state index is 12.1. The number of esters is 1. The standard InChI is InChI=1S/C21H28N4O6/c1-13(26)22-14-9-10-16(29-5)15(11-14)23-17(27)12-30-19(28)8-6-7-18-24-20(25-31-18)21(2,3)4/h9-11H,6-8,12H2,1-5H3,(H,22,26)(H,23,27). The Balaban J connectivity index is 1.78. The summed E-state index contributed by atoms with van der Waals surface area (Å²) in [4.78, 5) is 39.6. The highest BCUT2D eigenvalue weighted by Crippen LogP contribution is 2.27. The number of nitrogens with one attached hydrogen (secondary N) is 2. The maximum absolute atomic E-state index is 12.1. The van der Waals surface area contributed by atoms with Gasteiger partial charge < -0.3 is 24.6 Å². The number of anilines is 2. The van der Waals surface area contributed by atoms with E-state index in [4.69, 9.17) is 14.0 Å². The van der Waals surface area contributed by atoms with E-state index < -0.39 is 18.5 Å². The van der Waals surface area contributed by atoms with Crippen LogP contribution in [-0.2, 0) is 31.0 Å². The van der Waals surface area contributed by atoms with E-state index in [-0.39, 0.29) is 17.7 Å². The Hall–Kier alpha value is -3.43. The van der Waals surface area contributed by atoms with Gasteiger partial charge in [0, 0.05) is 30.9 Å². The van der Waals surface area contributed by atoms with Crippen LogP contribution in [-0.4, -0.2) is 41.6 Å². The molecule has 1 aromatic heterocycles. The van der Waals surface area contributed by atoms with Gasteiger partial charge in [-0.3, -0.25) is 14.4 Å². The van der Waals surface area contributed by atoms with Crippen molar-refractivity contribution >= 4 is 29.2 Å². The lowest BCUT2D eigenvalue weighted by molar-refractivity contribution is -0.147. The van der Waals surface area contributed by atoms with Crippen molar-refractivity contribution in [3.8, 4) is 5.75 Å². The Morgan fingerprint density at radius 3 is 2.52 bits per heavy atom. The van der Waals surface area contributed by atoms with Crippen LogP contribution in [0.15, 0.2) is 22.7 Å². The summed E-state index contributed by atoms with van der Waals surface area (Å²) in [5.41, 5.74) is 0.635. The second-order valence-electron chi connectivity index (χ2n) is 7.92. The highest BCUT2D eigenvalue weighted by Gasteiger charge is 2.21. The summed E-state index contributed by atoms with van der Waals surface area (Å²) < 4.78 is 15.4. The predicted octanol–water partition coefficient (Wildman–Crippen LogP) is 2.84. The summed E-state index contributed by atoms with van der Waals surface area (Å²) >= 11 is 0. The summed E-state index contributed by atoms with van der Waals surface area (Å²) in [7, 11) is 1.46. The average molecular weight is 432 g/mol. The monoisotopic (exact) mass is 432 g/mol. The molecule has 1 aromatic carbocycles. The first kappa shape index (κ1) is 23.8. The second-order valence-corrected chi connectivity index (χ2v) is 7.92. The molecular formula is C21H28N4O6. The lowest BCUT2D eigenvalue weighted by atomic mass is 9.96. The van der Waals surface area contributed by atoms with Crippen molar-refractivity contribution in [2.45, 2.75) is 52.4 Å². The number of hydrogen-bond donors (Lipinski definition) is 2. The SMILES string of the molecule is COc1ccc(NC(C)=O)cc1NC(=O)COC(=O)CCCc1nc(C(C)(C)C)no1. The molecule has 168 valence electrons. The Morgan fingerprint density at radius 2 is 1.90 bits per heavy atom. The number of rotatable bonds is 9. The van der Waals surface area contributed by atoms with Crippen LogP contribution < -0.4 is 15.4 Å². The molecule has 0 saturated carbocycles. The summed E-state index contributed by atoms with van der Waals surface area (Å²) in [6.07, 6.45) is 1.01. The van der Waals surface area contributed by atoms with Crippen molar-refractivity contribution in [3.05, 3.63) is 29.9 Å². The smallest absolute Gasteiger partial charge is 0.306 e. The third kappa shape index (κ3) is 7.72. The number of ether oxygens (including phenoxy) is 2. The van der Waals surface area contributed by atoms with Crippen molar-refractivity contribution < 1.29 is 28.4 Å². The third-order valence-electron chi connectivity index (χ3n) is 4.07. The zero-order valence-electron chi connectivity index (χ0n) is 18.4. The van der Waals surface area contributed by atoms with Crippen LogP contribution in [0, 0.1) is 0 Å². The first-order valence-corrected chi connectivity index (χ1v) is 9.82. The molecule has 0 bridgehead atoms. The lowest BCUT2D eigenvalue weighted by Gasteiger charge is -2.12. The van der Waals surface area contributed by atoms with Crippen LogP contribution in [0.25, 0.3) is 0 Å². The Kier molecular flexibility index (Phi) is 8.12. The minimum atomic E-state index is -0.529. The molecular weight excluding hydrogens is 404 g/mol. The zero-order chi connectivity index (χ0) is 23.0. The number of aryl methyl sites for hydroxylation is 1. The van der Waals surface area contributed by atoms with E-state index in [1.165, 1.54) is 14.0 Å². The van der Waals surface area contributed by atoms with Gasteiger partial charge in [0.15, 0.2) is 12.4 Å². The molecule has 0 atom stereocenters. The van der Waals surface area contributed by atoms with Crippen LogP contribution >= 0.6 is 0 Å². The molecule has 0 aliphatic rings. The van der Waals surface area contributed by atoms with Gasteiger partial charge in [-0.15, -0.1) is 0 Å². The molecule has 0 spiro atoms. The molecule has 0 fully saturated rings.